The molecule has 0 amide bonds. The van der Waals surface area contributed by atoms with Crippen LogP contribution in [0.1, 0.15) is 16.7 Å². The van der Waals surface area contributed by atoms with Crippen molar-refractivity contribution in [2.75, 3.05) is 26.2 Å². The second-order valence-corrected chi connectivity index (χ2v) is 8.44. The molecular formula is C19H24N2O3S. The lowest BCUT2D eigenvalue weighted by atomic mass is 10.1. The number of sulfonamides is 1. The summed E-state index contributed by atoms with van der Waals surface area (Å²) < 4.78 is 33.6. The van der Waals surface area contributed by atoms with Crippen LogP contribution in [0.4, 0.5) is 0 Å². The molecule has 5 nitrogen and oxygen atoms in total. The largest absolute Gasteiger partial charge is 0.456 e. The van der Waals surface area contributed by atoms with E-state index < -0.39 is 10.0 Å². The zero-order valence-electron chi connectivity index (χ0n) is 14.9. The van der Waals surface area contributed by atoms with E-state index >= 15 is 0 Å². The summed E-state index contributed by atoms with van der Waals surface area (Å²) in [5, 5.41) is 3.18. The van der Waals surface area contributed by atoms with E-state index in [-0.39, 0.29) is 4.90 Å². The first-order chi connectivity index (χ1) is 11.9. The second kappa shape index (κ2) is 7.15. The van der Waals surface area contributed by atoms with E-state index in [0.29, 0.717) is 37.7 Å². The lowest BCUT2D eigenvalue weighted by Gasteiger charge is -2.27. The molecule has 0 atom stereocenters. The molecule has 3 rings (SSSR count). The van der Waals surface area contributed by atoms with E-state index in [9.17, 15) is 8.42 Å². The van der Waals surface area contributed by atoms with Crippen molar-refractivity contribution in [1.82, 2.24) is 9.62 Å². The van der Waals surface area contributed by atoms with Crippen molar-refractivity contribution >= 4 is 10.0 Å². The first-order valence-electron chi connectivity index (χ1n) is 8.44. The Bertz CT molecular complexity index is 852. The first kappa shape index (κ1) is 17.9. The van der Waals surface area contributed by atoms with E-state index in [0.717, 1.165) is 16.7 Å². The number of aryl methyl sites for hydroxylation is 3. The topological polar surface area (TPSA) is 58.6 Å². The monoisotopic (exact) mass is 360 g/mol. The minimum absolute atomic E-state index is 0.221. The smallest absolute Gasteiger partial charge is 0.246 e. The predicted molar refractivity (Wildman–Crippen MR) is 98.8 cm³/mol. The fourth-order valence-electron chi connectivity index (χ4n) is 3.05. The molecule has 2 aromatic carbocycles. The average molecular weight is 360 g/mol. The van der Waals surface area contributed by atoms with Gasteiger partial charge >= 0.3 is 0 Å². The Balaban J connectivity index is 2.00. The highest BCUT2D eigenvalue weighted by Gasteiger charge is 2.29. The Hall–Kier alpha value is -1.89. The number of piperazine rings is 1. The minimum Gasteiger partial charge on any atom is -0.456 e. The second-order valence-electron chi connectivity index (χ2n) is 6.53. The highest BCUT2D eigenvalue weighted by atomic mass is 32.2. The van der Waals surface area contributed by atoms with Gasteiger partial charge in [0.05, 0.1) is 0 Å². The SMILES string of the molecule is Cc1cc(C)cc(Oc2cc(C)ccc2S(=O)(=O)N2CCNCC2)c1. The molecule has 1 saturated heterocycles. The van der Waals surface area contributed by atoms with Crippen molar-refractivity contribution in [2.45, 2.75) is 25.7 Å². The zero-order valence-corrected chi connectivity index (χ0v) is 15.7. The lowest BCUT2D eigenvalue weighted by Crippen LogP contribution is -2.46. The van der Waals surface area contributed by atoms with Crippen LogP contribution < -0.4 is 10.1 Å². The number of rotatable bonds is 4. The summed E-state index contributed by atoms with van der Waals surface area (Å²) in [4.78, 5) is 0.221. The molecule has 1 fully saturated rings. The highest BCUT2D eigenvalue weighted by molar-refractivity contribution is 7.89. The van der Waals surface area contributed by atoms with E-state index in [2.05, 4.69) is 11.4 Å². The Kier molecular flexibility index (Phi) is 5.13. The van der Waals surface area contributed by atoms with Crippen molar-refractivity contribution in [3.05, 3.63) is 53.1 Å². The van der Waals surface area contributed by atoms with Gasteiger partial charge in [-0.25, -0.2) is 8.42 Å². The van der Waals surface area contributed by atoms with E-state index in [4.69, 9.17) is 4.74 Å². The lowest BCUT2D eigenvalue weighted by molar-refractivity contribution is 0.358. The van der Waals surface area contributed by atoms with Gasteiger partial charge in [-0.15, -0.1) is 0 Å². The van der Waals surface area contributed by atoms with Gasteiger partial charge in [-0.2, -0.15) is 4.31 Å². The molecule has 0 radical (unpaired) electrons. The van der Waals surface area contributed by atoms with Gasteiger partial charge in [0.25, 0.3) is 0 Å². The number of hydrogen-bond acceptors (Lipinski definition) is 4. The molecule has 0 spiro atoms. The van der Waals surface area contributed by atoms with E-state index in [1.165, 1.54) is 4.31 Å². The summed E-state index contributed by atoms with van der Waals surface area (Å²) in [6, 6.07) is 11.1. The van der Waals surface area contributed by atoms with Crippen molar-refractivity contribution in [1.29, 1.82) is 0 Å². The molecule has 1 N–H and O–H groups in total. The summed E-state index contributed by atoms with van der Waals surface area (Å²) in [6.07, 6.45) is 0. The number of hydrogen-bond donors (Lipinski definition) is 1. The van der Waals surface area contributed by atoms with Crippen LogP contribution in [0, 0.1) is 20.8 Å². The van der Waals surface area contributed by atoms with Crippen molar-refractivity contribution in [3.8, 4) is 11.5 Å². The van der Waals surface area contributed by atoms with Crippen molar-refractivity contribution in [3.63, 3.8) is 0 Å². The van der Waals surface area contributed by atoms with Crippen LogP contribution >= 0.6 is 0 Å². The molecule has 0 unspecified atom stereocenters. The maximum atomic E-state index is 13.1. The fourth-order valence-corrected chi connectivity index (χ4v) is 4.59. The number of ether oxygens (including phenoxy) is 1. The molecule has 0 aliphatic carbocycles. The Morgan fingerprint density at radius 3 is 2.20 bits per heavy atom. The Labute approximate surface area is 149 Å². The molecule has 1 aliphatic rings. The van der Waals surface area contributed by atoms with E-state index in [1.54, 1.807) is 12.1 Å². The zero-order chi connectivity index (χ0) is 18.0. The molecule has 0 aromatic heterocycles. The normalized spacial score (nSPS) is 16.0. The van der Waals surface area contributed by atoms with Gasteiger partial charge in [-0.3, -0.25) is 0 Å². The summed E-state index contributed by atoms with van der Waals surface area (Å²) in [5.41, 5.74) is 3.11. The van der Waals surface area contributed by atoms with Crippen molar-refractivity contribution in [2.24, 2.45) is 0 Å². The summed E-state index contributed by atoms with van der Waals surface area (Å²) >= 11 is 0. The van der Waals surface area contributed by atoms with Crippen LogP contribution in [0.5, 0.6) is 11.5 Å². The standard InChI is InChI=1S/C19H24N2O3S/c1-14-4-5-19(25(22,23)21-8-6-20-7-9-21)18(13-14)24-17-11-15(2)10-16(3)12-17/h4-5,10-13,20H,6-9H2,1-3H3. The van der Waals surface area contributed by atoms with Gasteiger partial charge in [0.2, 0.25) is 10.0 Å². The maximum Gasteiger partial charge on any atom is 0.246 e. The minimum atomic E-state index is -3.58. The Morgan fingerprint density at radius 2 is 1.56 bits per heavy atom. The third-order valence-corrected chi connectivity index (χ3v) is 6.15. The van der Waals surface area contributed by atoms with Crippen LogP contribution in [0.15, 0.2) is 41.3 Å². The quantitative estimate of drug-likeness (QED) is 0.911. The van der Waals surface area contributed by atoms with Gasteiger partial charge in [0, 0.05) is 26.2 Å². The number of benzene rings is 2. The van der Waals surface area contributed by atoms with Gasteiger partial charge in [0.15, 0.2) is 0 Å². The first-order valence-corrected chi connectivity index (χ1v) is 9.88. The summed E-state index contributed by atoms with van der Waals surface area (Å²) in [5.74, 6) is 1.03. The summed E-state index contributed by atoms with van der Waals surface area (Å²) in [6.45, 7) is 8.19. The number of nitrogens with zero attached hydrogens (tertiary/aromatic N) is 1. The van der Waals surface area contributed by atoms with Gasteiger partial charge in [-0.1, -0.05) is 12.1 Å². The molecule has 0 saturated carbocycles. The third-order valence-electron chi connectivity index (χ3n) is 4.22. The highest BCUT2D eigenvalue weighted by Crippen LogP contribution is 2.32. The predicted octanol–water partition coefficient (Wildman–Crippen LogP) is 3.00. The van der Waals surface area contributed by atoms with Gasteiger partial charge in [-0.05, 0) is 61.7 Å². The van der Waals surface area contributed by atoms with Gasteiger partial charge < -0.3 is 10.1 Å². The maximum absolute atomic E-state index is 13.1. The van der Waals surface area contributed by atoms with Crippen LogP contribution in [0.2, 0.25) is 0 Å². The average Bonchev–Trinajstić information content (AvgIpc) is 2.54. The number of nitrogens with one attached hydrogen (secondary N) is 1. The van der Waals surface area contributed by atoms with Crippen LogP contribution in [0.3, 0.4) is 0 Å². The van der Waals surface area contributed by atoms with Crippen LogP contribution in [-0.2, 0) is 10.0 Å². The molecule has 25 heavy (non-hydrogen) atoms. The molecule has 1 aliphatic heterocycles. The van der Waals surface area contributed by atoms with Gasteiger partial charge in [0.1, 0.15) is 16.4 Å². The molecule has 2 aromatic rings. The van der Waals surface area contributed by atoms with Crippen molar-refractivity contribution < 1.29 is 13.2 Å². The molecule has 0 bridgehead atoms. The van der Waals surface area contributed by atoms with Crippen LogP contribution in [-0.4, -0.2) is 38.9 Å². The van der Waals surface area contributed by atoms with E-state index in [1.807, 2.05) is 39.0 Å². The molecule has 6 heteroatoms. The summed E-state index contributed by atoms with van der Waals surface area (Å²) in [7, 11) is -3.58. The molecular weight excluding hydrogens is 336 g/mol. The molecule has 134 valence electrons. The third kappa shape index (κ3) is 4.03. The van der Waals surface area contributed by atoms with Crippen LogP contribution in [0.25, 0.3) is 0 Å². The molecule has 1 heterocycles. The fraction of sp³-hybridized carbons (Fsp3) is 0.368. The Morgan fingerprint density at radius 1 is 0.920 bits per heavy atom.